The number of thiophene rings is 1. The minimum atomic E-state index is -0.198. The van der Waals surface area contributed by atoms with Crippen molar-refractivity contribution in [3.05, 3.63) is 55.6 Å². The molecule has 6 heteroatoms. The van der Waals surface area contributed by atoms with Gasteiger partial charge in [0, 0.05) is 30.8 Å². The van der Waals surface area contributed by atoms with Crippen molar-refractivity contribution >= 4 is 17.2 Å². The smallest absolute Gasteiger partial charge is 0.263 e. The molecule has 4 heterocycles. The fourth-order valence-electron chi connectivity index (χ4n) is 3.66. The summed E-state index contributed by atoms with van der Waals surface area (Å²) in [6, 6.07) is 3.94. The first-order valence-electron chi connectivity index (χ1n) is 8.79. The third-order valence-electron chi connectivity index (χ3n) is 5.11. The zero-order valence-electron chi connectivity index (χ0n) is 14.4. The molecule has 132 valence electrons. The summed E-state index contributed by atoms with van der Waals surface area (Å²) in [5.41, 5.74) is 2.06. The van der Waals surface area contributed by atoms with Gasteiger partial charge in [-0.2, -0.15) is 0 Å². The zero-order chi connectivity index (χ0) is 17.4. The second-order valence-electron chi connectivity index (χ2n) is 6.81. The lowest BCUT2D eigenvalue weighted by Gasteiger charge is -2.27. The van der Waals surface area contributed by atoms with Crippen LogP contribution in [0.25, 0.3) is 0 Å². The van der Waals surface area contributed by atoms with Crippen LogP contribution in [0.1, 0.15) is 39.2 Å². The Morgan fingerprint density at radius 3 is 3.08 bits per heavy atom. The van der Waals surface area contributed by atoms with E-state index >= 15 is 0 Å². The predicted octanol–water partition coefficient (Wildman–Crippen LogP) is 2.60. The quantitative estimate of drug-likeness (QED) is 0.847. The highest BCUT2D eigenvalue weighted by molar-refractivity contribution is 7.10. The molecule has 5 nitrogen and oxygen atoms in total. The maximum atomic E-state index is 13.0. The predicted molar refractivity (Wildman–Crippen MR) is 97.2 cm³/mol. The fourth-order valence-corrected chi connectivity index (χ4v) is 4.55. The fraction of sp³-hybridized carbons (Fsp3) is 0.474. The normalized spacial score (nSPS) is 19.9. The van der Waals surface area contributed by atoms with E-state index in [1.54, 1.807) is 27.0 Å². The third kappa shape index (κ3) is 3.16. The molecule has 1 saturated heterocycles. The van der Waals surface area contributed by atoms with Crippen molar-refractivity contribution in [1.82, 2.24) is 9.47 Å². The summed E-state index contributed by atoms with van der Waals surface area (Å²) in [7, 11) is 0. The molecular formula is C19H22N2O3S. The van der Waals surface area contributed by atoms with Gasteiger partial charge in [-0.3, -0.25) is 9.59 Å². The second kappa shape index (κ2) is 6.77. The minimum absolute atomic E-state index is 0.0757. The van der Waals surface area contributed by atoms with Crippen LogP contribution < -0.4 is 5.56 Å². The molecule has 1 unspecified atom stereocenters. The van der Waals surface area contributed by atoms with E-state index in [9.17, 15) is 9.59 Å². The summed E-state index contributed by atoms with van der Waals surface area (Å²) in [5, 5.41) is 2.07. The van der Waals surface area contributed by atoms with Crippen LogP contribution in [0.4, 0.5) is 0 Å². The van der Waals surface area contributed by atoms with Crippen LogP contribution in [0.5, 0.6) is 0 Å². The molecule has 1 atom stereocenters. The van der Waals surface area contributed by atoms with Crippen molar-refractivity contribution in [2.45, 2.75) is 45.4 Å². The highest BCUT2D eigenvalue weighted by atomic mass is 32.1. The SMILES string of the molecule is Cc1ccn(CC2CCCO2)c(=O)c1C(=O)N1CCc2sccc2C1. The summed E-state index contributed by atoms with van der Waals surface area (Å²) in [5.74, 6) is -0.152. The minimum Gasteiger partial charge on any atom is -0.376 e. The van der Waals surface area contributed by atoms with Crippen molar-refractivity contribution in [3.8, 4) is 0 Å². The topological polar surface area (TPSA) is 51.5 Å². The average Bonchev–Trinajstić information content (AvgIpc) is 3.28. The maximum absolute atomic E-state index is 13.0. The van der Waals surface area contributed by atoms with E-state index in [-0.39, 0.29) is 17.6 Å². The Bertz CT molecular complexity index is 849. The summed E-state index contributed by atoms with van der Waals surface area (Å²) in [6.45, 7) is 4.38. The number of rotatable bonds is 3. The number of carbonyl (C=O) groups excluding carboxylic acids is 1. The maximum Gasteiger partial charge on any atom is 0.263 e. The van der Waals surface area contributed by atoms with Crippen molar-refractivity contribution in [1.29, 1.82) is 0 Å². The van der Waals surface area contributed by atoms with E-state index in [1.807, 2.05) is 13.0 Å². The molecule has 0 aliphatic carbocycles. The summed E-state index contributed by atoms with van der Waals surface area (Å²) in [4.78, 5) is 29.1. The highest BCUT2D eigenvalue weighted by Crippen LogP contribution is 2.25. The van der Waals surface area contributed by atoms with Gasteiger partial charge in [0.05, 0.1) is 12.6 Å². The number of hydrogen-bond acceptors (Lipinski definition) is 4. The molecule has 0 radical (unpaired) electrons. The first-order valence-corrected chi connectivity index (χ1v) is 9.67. The van der Waals surface area contributed by atoms with Gasteiger partial charge in [-0.25, -0.2) is 0 Å². The molecule has 0 spiro atoms. The molecule has 1 amide bonds. The van der Waals surface area contributed by atoms with Crippen LogP contribution in [0, 0.1) is 6.92 Å². The van der Waals surface area contributed by atoms with Gasteiger partial charge in [-0.15, -0.1) is 11.3 Å². The van der Waals surface area contributed by atoms with Crippen LogP contribution in [-0.4, -0.2) is 34.6 Å². The molecule has 1 fully saturated rings. The number of pyridine rings is 1. The Labute approximate surface area is 150 Å². The lowest BCUT2D eigenvalue weighted by Crippen LogP contribution is -2.40. The molecule has 2 aromatic rings. The average molecular weight is 358 g/mol. The second-order valence-corrected chi connectivity index (χ2v) is 7.81. The van der Waals surface area contributed by atoms with Crippen LogP contribution >= 0.6 is 11.3 Å². The van der Waals surface area contributed by atoms with Crippen molar-refractivity contribution in [2.24, 2.45) is 0 Å². The van der Waals surface area contributed by atoms with Gasteiger partial charge in [-0.1, -0.05) is 0 Å². The molecule has 0 saturated carbocycles. The van der Waals surface area contributed by atoms with E-state index in [0.717, 1.165) is 31.4 Å². The van der Waals surface area contributed by atoms with E-state index in [4.69, 9.17) is 4.74 Å². The van der Waals surface area contributed by atoms with Gasteiger partial charge in [0.25, 0.3) is 11.5 Å². The monoisotopic (exact) mass is 358 g/mol. The van der Waals surface area contributed by atoms with Gasteiger partial charge < -0.3 is 14.2 Å². The first-order chi connectivity index (χ1) is 12.1. The lowest BCUT2D eigenvalue weighted by molar-refractivity contribution is 0.0729. The first kappa shape index (κ1) is 16.5. The van der Waals surface area contributed by atoms with Crippen LogP contribution in [-0.2, 0) is 24.2 Å². The van der Waals surface area contributed by atoms with E-state index < -0.39 is 0 Å². The Morgan fingerprint density at radius 1 is 1.40 bits per heavy atom. The van der Waals surface area contributed by atoms with Crippen molar-refractivity contribution < 1.29 is 9.53 Å². The Balaban J connectivity index is 1.60. The summed E-state index contributed by atoms with van der Waals surface area (Å²) in [6.07, 6.45) is 4.73. The number of nitrogens with zero attached hydrogens (tertiary/aromatic N) is 2. The Kier molecular flexibility index (Phi) is 4.48. The number of ether oxygens (including phenoxy) is 1. The molecule has 2 aliphatic rings. The molecule has 4 rings (SSSR count). The van der Waals surface area contributed by atoms with Crippen LogP contribution in [0.2, 0.25) is 0 Å². The number of carbonyl (C=O) groups is 1. The number of aryl methyl sites for hydroxylation is 1. The summed E-state index contributed by atoms with van der Waals surface area (Å²) < 4.78 is 7.27. The van der Waals surface area contributed by atoms with E-state index in [1.165, 1.54) is 10.4 Å². The number of aromatic nitrogens is 1. The molecule has 25 heavy (non-hydrogen) atoms. The summed E-state index contributed by atoms with van der Waals surface area (Å²) >= 11 is 1.74. The van der Waals surface area contributed by atoms with Crippen LogP contribution in [0.3, 0.4) is 0 Å². The van der Waals surface area contributed by atoms with E-state index in [0.29, 0.717) is 25.2 Å². The van der Waals surface area contributed by atoms with E-state index in [2.05, 4.69) is 11.4 Å². The third-order valence-corrected chi connectivity index (χ3v) is 6.13. The molecular weight excluding hydrogens is 336 g/mol. The lowest BCUT2D eigenvalue weighted by atomic mass is 10.1. The molecule has 0 bridgehead atoms. The Hall–Kier alpha value is -1.92. The van der Waals surface area contributed by atoms with Gasteiger partial charge in [0.2, 0.25) is 0 Å². The molecule has 2 aliphatic heterocycles. The zero-order valence-corrected chi connectivity index (χ0v) is 15.2. The Morgan fingerprint density at radius 2 is 2.28 bits per heavy atom. The molecule has 2 aromatic heterocycles. The van der Waals surface area contributed by atoms with Gasteiger partial charge in [-0.05, 0) is 54.8 Å². The molecule has 0 aromatic carbocycles. The van der Waals surface area contributed by atoms with Crippen molar-refractivity contribution in [3.63, 3.8) is 0 Å². The molecule has 0 N–H and O–H groups in total. The standard InChI is InChI=1S/C19H22N2O3S/c1-13-4-7-21(12-15-3-2-9-24-15)19(23)17(13)18(22)20-8-5-16-14(11-20)6-10-25-16/h4,6-7,10,15H,2-3,5,8-9,11-12H2,1H3. The highest BCUT2D eigenvalue weighted by Gasteiger charge is 2.26. The number of fused-ring (bicyclic) bond motifs is 1. The number of amides is 1. The van der Waals surface area contributed by atoms with Gasteiger partial charge in [0.1, 0.15) is 5.56 Å². The van der Waals surface area contributed by atoms with Crippen LogP contribution in [0.15, 0.2) is 28.5 Å². The van der Waals surface area contributed by atoms with Gasteiger partial charge >= 0.3 is 0 Å². The van der Waals surface area contributed by atoms with Crippen molar-refractivity contribution in [2.75, 3.05) is 13.2 Å². The largest absolute Gasteiger partial charge is 0.376 e. The number of hydrogen-bond donors (Lipinski definition) is 0. The van der Waals surface area contributed by atoms with Gasteiger partial charge in [0.15, 0.2) is 0 Å².